The molecule has 136 valence electrons. The number of hydrogen-bond acceptors (Lipinski definition) is 7. The molecule has 1 saturated heterocycles. The highest BCUT2D eigenvalue weighted by Gasteiger charge is 2.45. The maximum atomic E-state index is 10.5. The van der Waals surface area contributed by atoms with E-state index in [1.807, 2.05) is 0 Å². The van der Waals surface area contributed by atoms with Crippen LogP contribution < -0.4 is 0 Å². The standard InChI is InChI=1S/C17H22N2O5S/c18-7-10-6-9-4-2-1-3-5-11(9)19(17(10)25)16-15(23)14(22)13(21)12(8-20)24-16/h6,12-16,20-23H,1-5,8H2/t12-,13+,14+,15-,16-/m1/s1. The molecular formula is C17H22N2O5S. The van der Waals surface area contributed by atoms with E-state index in [2.05, 4.69) is 6.07 Å². The molecule has 0 amide bonds. The highest BCUT2D eigenvalue weighted by atomic mass is 32.1. The van der Waals surface area contributed by atoms with E-state index in [-0.39, 0.29) is 4.64 Å². The molecular weight excluding hydrogens is 344 g/mol. The van der Waals surface area contributed by atoms with Crippen LogP contribution in [0.15, 0.2) is 6.07 Å². The Bertz CT molecular complexity index is 742. The minimum atomic E-state index is -1.48. The predicted octanol–water partition coefficient (Wildman–Crippen LogP) is 0.331. The Labute approximate surface area is 150 Å². The lowest BCUT2D eigenvalue weighted by molar-refractivity contribution is -0.252. The largest absolute Gasteiger partial charge is 0.394 e. The summed E-state index contributed by atoms with van der Waals surface area (Å²) in [7, 11) is 0. The van der Waals surface area contributed by atoms with Crippen molar-refractivity contribution < 1.29 is 25.2 Å². The molecule has 4 N–H and O–H groups in total. The van der Waals surface area contributed by atoms with Gasteiger partial charge in [0.15, 0.2) is 6.23 Å². The second kappa shape index (κ2) is 7.50. The van der Waals surface area contributed by atoms with Crippen LogP contribution in [0.25, 0.3) is 0 Å². The molecule has 3 rings (SSSR count). The fourth-order valence-electron chi connectivity index (χ4n) is 3.65. The van der Waals surface area contributed by atoms with Crippen molar-refractivity contribution in [3.63, 3.8) is 0 Å². The van der Waals surface area contributed by atoms with Crippen LogP contribution in [0.5, 0.6) is 0 Å². The van der Waals surface area contributed by atoms with Gasteiger partial charge in [-0.25, -0.2) is 0 Å². The van der Waals surface area contributed by atoms with E-state index in [1.54, 1.807) is 10.6 Å². The number of aromatic nitrogens is 1. The van der Waals surface area contributed by atoms with Crippen LogP contribution in [0.3, 0.4) is 0 Å². The van der Waals surface area contributed by atoms with E-state index in [1.165, 1.54) is 0 Å². The van der Waals surface area contributed by atoms with Gasteiger partial charge >= 0.3 is 0 Å². The zero-order valence-corrected chi connectivity index (χ0v) is 14.5. The van der Waals surface area contributed by atoms with Gasteiger partial charge in [-0.1, -0.05) is 18.6 Å². The molecule has 0 aromatic carbocycles. The number of nitriles is 1. The van der Waals surface area contributed by atoms with Crippen molar-refractivity contribution in [3.05, 3.63) is 27.5 Å². The second-order valence-electron chi connectivity index (χ2n) is 6.60. The molecule has 0 unspecified atom stereocenters. The fourth-order valence-corrected chi connectivity index (χ4v) is 3.97. The molecule has 2 aliphatic rings. The zero-order chi connectivity index (χ0) is 18.1. The van der Waals surface area contributed by atoms with Gasteiger partial charge in [-0.3, -0.25) is 0 Å². The van der Waals surface area contributed by atoms with Crippen molar-refractivity contribution in [2.45, 2.75) is 62.7 Å². The normalized spacial score (nSPS) is 32.5. The van der Waals surface area contributed by atoms with Crippen LogP contribution in [0.4, 0.5) is 0 Å². The topological polar surface area (TPSA) is 119 Å². The first kappa shape index (κ1) is 18.5. The second-order valence-corrected chi connectivity index (χ2v) is 6.98. The van der Waals surface area contributed by atoms with Gasteiger partial charge < -0.3 is 29.7 Å². The summed E-state index contributed by atoms with van der Waals surface area (Å²) in [6, 6.07) is 3.88. The van der Waals surface area contributed by atoms with E-state index in [4.69, 9.17) is 17.0 Å². The molecule has 8 heteroatoms. The number of aliphatic hydroxyl groups is 4. The Morgan fingerprint density at radius 1 is 1.16 bits per heavy atom. The number of aryl methyl sites for hydroxylation is 1. The first-order valence-corrected chi connectivity index (χ1v) is 8.88. The monoisotopic (exact) mass is 366 g/mol. The Kier molecular flexibility index (Phi) is 5.53. The van der Waals surface area contributed by atoms with Gasteiger partial charge in [-0.2, -0.15) is 5.26 Å². The van der Waals surface area contributed by atoms with Gasteiger partial charge in [0.2, 0.25) is 0 Å². The molecule has 0 bridgehead atoms. The fraction of sp³-hybridized carbons (Fsp3) is 0.647. The molecule has 1 aromatic rings. The number of ether oxygens (including phenoxy) is 1. The molecule has 1 aromatic heterocycles. The summed E-state index contributed by atoms with van der Waals surface area (Å²) in [5, 5.41) is 49.4. The van der Waals surface area contributed by atoms with E-state index in [0.29, 0.717) is 5.56 Å². The molecule has 2 heterocycles. The molecule has 5 atom stereocenters. The molecule has 1 fully saturated rings. The summed E-state index contributed by atoms with van der Waals surface area (Å²) in [6.45, 7) is -0.505. The van der Waals surface area contributed by atoms with Gasteiger partial charge in [0, 0.05) is 5.69 Å². The van der Waals surface area contributed by atoms with Crippen LogP contribution in [0, 0.1) is 16.0 Å². The third-order valence-corrected chi connectivity index (χ3v) is 5.45. The summed E-state index contributed by atoms with van der Waals surface area (Å²) < 4.78 is 7.50. The Hall–Kier alpha value is -1.34. The van der Waals surface area contributed by atoms with E-state index >= 15 is 0 Å². The summed E-state index contributed by atoms with van der Waals surface area (Å²) in [4.78, 5) is 0. The minimum Gasteiger partial charge on any atom is -0.394 e. The number of aliphatic hydroxyl groups excluding tert-OH is 4. The smallest absolute Gasteiger partial charge is 0.164 e. The first-order chi connectivity index (χ1) is 12.0. The Balaban J connectivity index is 2.15. The van der Waals surface area contributed by atoms with Crippen LogP contribution in [-0.4, -0.2) is 56.0 Å². The van der Waals surface area contributed by atoms with Crippen LogP contribution in [-0.2, 0) is 17.6 Å². The summed E-state index contributed by atoms with van der Waals surface area (Å²) in [6.07, 6.45) is -1.89. The van der Waals surface area contributed by atoms with Crippen LogP contribution in [0.1, 0.15) is 42.3 Å². The maximum Gasteiger partial charge on any atom is 0.164 e. The van der Waals surface area contributed by atoms with Crippen molar-refractivity contribution in [2.75, 3.05) is 6.61 Å². The van der Waals surface area contributed by atoms with Crippen molar-refractivity contribution in [2.24, 2.45) is 0 Å². The number of fused-ring (bicyclic) bond motifs is 1. The first-order valence-electron chi connectivity index (χ1n) is 8.47. The van der Waals surface area contributed by atoms with Crippen molar-refractivity contribution in [1.29, 1.82) is 5.26 Å². The molecule has 7 nitrogen and oxygen atoms in total. The summed E-state index contributed by atoms with van der Waals surface area (Å²) in [5.74, 6) is 0. The van der Waals surface area contributed by atoms with Gasteiger partial charge in [0.25, 0.3) is 0 Å². The average Bonchev–Trinajstić information content (AvgIpc) is 2.85. The zero-order valence-electron chi connectivity index (χ0n) is 13.7. The molecule has 0 radical (unpaired) electrons. The van der Waals surface area contributed by atoms with Gasteiger partial charge in [0.05, 0.1) is 12.2 Å². The number of nitrogens with zero attached hydrogens (tertiary/aromatic N) is 2. The number of rotatable bonds is 2. The molecule has 0 spiro atoms. The lowest BCUT2D eigenvalue weighted by Crippen LogP contribution is -2.56. The van der Waals surface area contributed by atoms with Gasteiger partial charge in [-0.15, -0.1) is 0 Å². The molecule has 1 aliphatic carbocycles. The van der Waals surface area contributed by atoms with Crippen LogP contribution in [0.2, 0.25) is 0 Å². The molecule has 25 heavy (non-hydrogen) atoms. The predicted molar refractivity (Wildman–Crippen MR) is 90.3 cm³/mol. The van der Waals surface area contributed by atoms with Gasteiger partial charge in [-0.05, 0) is 37.3 Å². The maximum absolute atomic E-state index is 10.5. The summed E-state index contributed by atoms with van der Waals surface area (Å²) in [5.41, 5.74) is 2.18. The quantitative estimate of drug-likeness (QED) is 0.440. The number of pyridine rings is 1. The van der Waals surface area contributed by atoms with E-state index < -0.39 is 37.3 Å². The third-order valence-electron chi connectivity index (χ3n) is 5.03. The highest BCUT2D eigenvalue weighted by Crippen LogP contribution is 2.33. The van der Waals surface area contributed by atoms with E-state index in [9.17, 15) is 25.7 Å². The Morgan fingerprint density at radius 3 is 2.56 bits per heavy atom. The highest BCUT2D eigenvalue weighted by molar-refractivity contribution is 7.71. The lowest BCUT2D eigenvalue weighted by atomic mass is 9.97. The number of hydrogen-bond donors (Lipinski definition) is 4. The average molecular weight is 366 g/mol. The van der Waals surface area contributed by atoms with Crippen molar-refractivity contribution in [3.8, 4) is 6.07 Å². The van der Waals surface area contributed by atoms with Crippen molar-refractivity contribution >= 4 is 12.2 Å². The van der Waals surface area contributed by atoms with Gasteiger partial charge in [0.1, 0.15) is 35.1 Å². The SMILES string of the molecule is N#Cc1cc2c(n([C@@H]3O[C@H](CO)[C@H](O)[C@H](O)[C@H]3O)c1=S)CCCCC2. The Morgan fingerprint density at radius 2 is 1.88 bits per heavy atom. The van der Waals surface area contributed by atoms with Crippen molar-refractivity contribution in [1.82, 2.24) is 4.57 Å². The third kappa shape index (κ3) is 3.24. The molecule has 1 aliphatic heterocycles. The van der Waals surface area contributed by atoms with Crippen LogP contribution >= 0.6 is 12.2 Å². The lowest BCUT2D eigenvalue weighted by Gasteiger charge is -2.41. The molecule has 0 saturated carbocycles. The minimum absolute atomic E-state index is 0.229. The van der Waals surface area contributed by atoms with E-state index in [0.717, 1.165) is 43.4 Å². The summed E-state index contributed by atoms with van der Waals surface area (Å²) >= 11 is 5.44.